The van der Waals surface area contributed by atoms with Gasteiger partial charge in [0.25, 0.3) is 0 Å². The molecular formula is C15H21NO6S. The molecule has 0 atom stereocenters. The number of hydrogen-bond donors (Lipinski definition) is 2. The Morgan fingerprint density at radius 3 is 2.43 bits per heavy atom. The molecule has 0 spiro atoms. The first-order chi connectivity index (χ1) is 10.5. The molecule has 1 aromatic rings. The number of carbonyl (C=O) groups is 2. The average molecular weight is 343 g/mol. The Morgan fingerprint density at radius 1 is 1.30 bits per heavy atom. The third-order valence-corrected chi connectivity index (χ3v) is 4.96. The summed E-state index contributed by atoms with van der Waals surface area (Å²) in [5.74, 6) is -1.76. The predicted octanol–water partition coefficient (Wildman–Crippen LogP) is 1.70. The number of nitrogens with one attached hydrogen (secondary N) is 1. The Kier molecular flexibility index (Phi) is 5.90. The van der Waals surface area contributed by atoms with Gasteiger partial charge in [-0.05, 0) is 39.3 Å². The van der Waals surface area contributed by atoms with Crippen molar-refractivity contribution in [3.05, 3.63) is 29.3 Å². The molecule has 128 valence electrons. The monoisotopic (exact) mass is 343 g/mol. The first-order valence-electron chi connectivity index (χ1n) is 6.93. The maximum absolute atomic E-state index is 12.6. The molecule has 1 rings (SSSR count). The second kappa shape index (κ2) is 7.10. The molecule has 23 heavy (non-hydrogen) atoms. The van der Waals surface area contributed by atoms with Crippen LogP contribution in [0.3, 0.4) is 0 Å². The standard InChI is InChI=1S/C15H21NO6S/c1-10-5-6-12(11(9-10)14(19)22-4)23(20,21)16-15(2,3)8-7-13(17)18/h5-6,9,16H,7-8H2,1-4H3,(H,17,18). The third kappa shape index (κ3) is 5.33. The molecular weight excluding hydrogens is 322 g/mol. The summed E-state index contributed by atoms with van der Waals surface area (Å²) >= 11 is 0. The first-order valence-corrected chi connectivity index (χ1v) is 8.41. The van der Waals surface area contributed by atoms with Gasteiger partial charge in [0.1, 0.15) is 0 Å². The number of carbonyl (C=O) groups excluding carboxylic acids is 1. The van der Waals surface area contributed by atoms with Crippen LogP contribution in [0.4, 0.5) is 0 Å². The Bertz CT molecular complexity index is 709. The van der Waals surface area contributed by atoms with E-state index in [9.17, 15) is 18.0 Å². The quantitative estimate of drug-likeness (QED) is 0.729. The lowest BCUT2D eigenvalue weighted by molar-refractivity contribution is -0.137. The largest absolute Gasteiger partial charge is 0.481 e. The number of methoxy groups -OCH3 is 1. The highest BCUT2D eigenvalue weighted by Crippen LogP contribution is 2.22. The fraction of sp³-hybridized carbons (Fsp3) is 0.467. The lowest BCUT2D eigenvalue weighted by Crippen LogP contribution is -2.44. The van der Waals surface area contributed by atoms with Crippen LogP contribution in [-0.2, 0) is 19.6 Å². The third-order valence-electron chi connectivity index (χ3n) is 3.20. The highest BCUT2D eigenvalue weighted by Gasteiger charge is 2.30. The van der Waals surface area contributed by atoms with Gasteiger partial charge >= 0.3 is 11.9 Å². The number of benzene rings is 1. The molecule has 0 radical (unpaired) electrons. The van der Waals surface area contributed by atoms with Gasteiger partial charge in [0.2, 0.25) is 10.0 Å². The van der Waals surface area contributed by atoms with Crippen LogP contribution in [0, 0.1) is 6.92 Å². The maximum Gasteiger partial charge on any atom is 0.339 e. The van der Waals surface area contributed by atoms with Gasteiger partial charge in [0.05, 0.1) is 17.6 Å². The minimum absolute atomic E-state index is 0.0611. The van der Waals surface area contributed by atoms with E-state index in [2.05, 4.69) is 9.46 Å². The van der Waals surface area contributed by atoms with E-state index in [1.807, 2.05) is 0 Å². The zero-order valence-electron chi connectivity index (χ0n) is 13.5. The van der Waals surface area contributed by atoms with E-state index in [-0.39, 0.29) is 23.3 Å². The van der Waals surface area contributed by atoms with Crippen LogP contribution in [0.1, 0.15) is 42.6 Å². The van der Waals surface area contributed by atoms with Crippen LogP contribution in [0.15, 0.2) is 23.1 Å². The molecule has 0 heterocycles. The molecule has 8 heteroatoms. The van der Waals surface area contributed by atoms with Crippen molar-refractivity contribution in [3.8, 4) is 0 Å². The lowest BCUT2D eigenvalue weighted by atomic mass is 10.0. The summed E-state index contributed by atoms with van der Waals surface area (Å²) in [5.41, 5.74) is -0.321. The summed E-state index contributed by atoms with van der Waals surface area (Å²) in [6.45, 7) is 4.89. The normalized spacial score (nSPS) is 12.0. The van der Waals surface area contributed by atoms with Crippen LogP contribution in [0.2, 0.25) is 0 Å². The number of esters is 1. The summed E-state index contributed by atoms with van der Waals surface area (Å²) in [4.78, 5) is 22.3. The lowest BCUT2D eigenvalue weighted by Gasteiger charge is -2.25. The summed E-state index contributed by atoms with van der Waals surface area (Å²) in [6.07, 6.45) is -0.0613. The Balaban J connectivity index is 3.18. The zero-order chi connectivity index (χ0) is 17.8. The molecule has 0 aliphatic rings. The Labute approximate surface area is 135 Å². The molecule has 2 N–H and O–H groups in total. The van der Waals surface area contributed by atoms with Crippen LogP contribution in [-0.4, -0.2) is 38.1 Å². The smallest absolute Gasteiger partial charge is 0.339 e. The highest BCUT2D eigenvalue weighted by molar-refractivity contribution is 7.89. The summed E-state index contributed by atoms with van der Waals surface area (Å²) in [5, 5.41) is 8.73. The van der Waals surface area contributed by atoms with Gasteiger partial charge in [0, 0.05) is 12.0 Å². The number of ether oxygens (including phenoxy) is 1. The zero-order valence-corrected chi connectivity index (χ0v) is 14.4. The van der Waals surface area contributed by atoms with Gasteiger partial charge in [-0.15, -0.1) is 0 Å². The van der Waals surface area contributed by atoms with Crippen LogP contribution in [0.5, 0.6) is 0 Å². The fourth-order valence-electron chi connectivity index (χ4n) is 2.04. The van der Waals surface area contributed by atoms with Crippen molar-refractivity contribution >= 4 is 22.0 Å². The number of aryl methyl sites for hydroxylation is 1. The predicted molar refractivity (Wildman–Crippen MR) is 83.8 cm³/mol. The van der Waals surface area contributed by atoms with Crippen molar-refractivity contribution in [2.45, 2.75) is 44.0 Å². The minimum Gasteiger partial charge on any atom is -0.481 e. The molecule has 1 aromatic carbocycles. The van der Waals surface area contributed by atoms with Crippen molar-refractivity contribution in [1.82, 2.24) is 4.72 Å². The van der Waals surface area contributed by atoms with Crippen molar-refractivity contribution in [1.29, 1.82) is 0 Å². The number of carboxylic acids is 1. The molecule has 0 fully saturated rings. The Hall–Kier alpha value is -1.93. The molecule has 0 aromatic heterocycles. The maximum atomic E-state index is 12.6. The van der Waals surface area contributed by atoms with Crippen LogP contribution < -0.4 is 4.72 Å². The van der Waals surface area contributed by atoms with E-state index < -0.39 is 27.5 Å². The molecule has 0 bridgehead atoms. The van der Waals surface area contributed by atoms with E-state index in [1.54, 1.807) is 26.8 Å². The minimum atomic E-state index is -4.01. The van der Waals surface area contributed by atoms with Gasteiger partial charge in [0.15, 0.2) is 0 Å². The van der Waals surface area contributed by atoms with E-state index in [0.29, 0.717) is 0 Å². The van der Waals surface area contributed by atoms with E-state index in [0.717, 1.165) is 5.56 Å². The van der Waals surface area contributed by atoms with Crippen LogP contribution in [0.25, 0.3) is 0 Å². The second-order valence-electron chi connectivity index (χ2n) is 5.87. The summed E-state index contributed by atoms with van der Waals surface area (Å²) < 4.78 is 32.2. The average Bonchev–Trinajstić information content (AvgIpc) is 2.43. The number of carboxylic acid groups (broad SMARTS) is 1. The molecule has 0 aliphatic heterocycles. The van der Waals surface area contributed by atoms with Gasteiger partial charge in [-0.3, -0.25) is 4.79 Å². The van der Waals surface area contributed by atoms with E-state index in [4.69, 9.17) is 5.11 Å². The SMILES string of the molecule is COC(=O)c1cc(C)ccc1S(=O)(=O)NC(C)(C)CCC(=O)O. The first kappa shape index (κ1) is 19.1. The van der Waals surface area contributed by atoms with Crippen molar-refractivity contribution in [2.75, 3.05) is 7.11 Å². The summed E-state index contributed by atoms with van der Waals surface area (Å²) in [7, 11) is -2.84. The highest BCUT2D eigenvalue weighted by atomic mass is 32.2. The van der Waals surface area contributed by atoms with Gasteiger partial charge < -0.3 is 9.84 Å². The molecule has 7 nitrogen and oxygen atoms in total. The Morgan fingerprint density at radius 2 is 1.91 bits per heavy atom. The van der Waals surface area contributed by atoms with Crippen LogP contribution >= 0.6 is 0 Å². The number of aliphatic carboxylic acids is 1. The molecule has 0 unspecified atom stereocenters. The number of rotatable bonds is 7. The molecule has 0 aliphatic carbocycles. The van der Waals surface area contributed by atoms with E-state index in [1.165, 1.54) is 19.2 Å². The van der Waals surface area contributed by atoms with Crippen molar-refractivity contribution in [2.24, 2.45) is 0 Å². The molecule has 0 saturated heterocycles. The number of hydrogen-bond acceptors (Lipinski definition) is 5. The van der Waals surface area contributed by atoms with Crippen molar-refractivity contribution in [3.63, 3.8) is 0 Å². The van der Waals surface area contributed by atoms with Crippen molar-refractivity contribution < 1.29 is 27.9 Å². The second-order valence-corrected chi connectivity index (χ2v) is 7.53. The molecule has 0 amide bonds. The topological polar surface area (TPSA) is 110 Å². The van der Waals surface area contributed by atoms with Gasteiger partial charge in [-0.2, -0.15) is 0 Å². The van der Waals surface area contributed by atoms with E-state index >= 15 is 0 Å². The number of sulfonamides is 1. The van der Waals surface area contributed by atoms with Gasteiger partial charge in [-0.1, -0.05) is 11.6 Å². The van der Waals surface area contributed by atoms with Gasteiger partial charge in [-0.25, -0.2) is 17.9 Å². The summed E-state index contributed by atoms with van der Waals surface area (Å²) in [6, 6.07) is 4.34. The molecule has 0 saturated carbocycles. The fourth-order valence-corrected chi connectivity index (χ4v) is 3.66.